The summed E-state index contributed by atoms with van der Waals surface area (Å²) < 4.78 is 11.2. The molecule has 1 saturated carbocycles. The summed E-state index contributed by atoms with van der Waals surface area (Å²) in [6, 6.07) is 13.5. The summed E-state index contributed by atoms with van der Waals surface area (Å²) >= 11 is 0. The summed E-state index contributed by atoms with van der Waals surface area (Å²) in [7, 11) is 0. The van der Waals surface area contributed by atoms with E-state index in [1.165, 1.54) is 0 Å². The highest BCUT2D eigenvalue weighted by atomic mass is 16.5. The molecule has 1 amide bonds. The topological polar surface area (TPSA) is 64.6 Å². The van der Waals surface area contributed by atoms with Crippen molar-refractivity contribution in [2.75, 3.05) is 11.9 Å². The van der Waals surface area contributed by atoms with E-state index < -0.39 is 11.4 Å². The summed E-state index contributed by atoms with van der Waals surface area (Å²) in [5, 5.41) is 3.10. The first-order valence-electron chi connectivity index (χ1n) is 11.8. The first-order chi connectivity index (χ1) is 15.4. The van der Waals surface area contributed by atoms with E-state index in [1.807, 2.05) is 19.9 Å². The zero-order valence-electron chi connectivity index (χ0n) is 19.7. The van der Waals surface area contributed by atoms with E-state index in [2.05, 4.69) is 30.4 Å². The molecule has 2 aromatic carbocycles. The third kappa shape index (κ3) is 5.32. The quantitative estimate of drug-likeness (QED) is 0.500. The zero-order chi connectivity index (χ0) is 23.1. The Labute approximate surface area is 191 Å². The lowest BCUT2D eigenvalue weighted by Crippen LogP contribution is -2.42. The maximum atomic E-state index is 13.7. The van der Waals surface area contributed by atoms with Gasteiger partial charge in [0.25, 0.3) is 0 Å². The summed E-state index contributed by atoms with van der Waals surface area (Å²) in [4.78, 5) is 26.2. The number of anilines is 1. The number of hydrogen-bond donors (Lipinski definition) is 1. The van der Waals surface area contributed by atoms with Gasteiger partial charge in [-0.15, -0.1) is 0 Å². The minimum absolute atomic E-state index is 0.0202. The Morgan fingerprint density at radius 1 is 1.06 bits per heavy atom. The Balaban J connectivity index is 1.92. The van der Waals surface area contributed by atoms with E-state index in [-0.39, 0.29) is 18.6 Å². The van der Waals surface area contributed by atoms with Crippen LogP contribution in [0.15, 0.2) is 42.5 Å². The molecule has 0 aromatic heterocycles. The van der Waals surface area contributed by atoms with Gasteiger partial charge in [0.05, 0.1) is 18.1 Å². The number of carbonyl (C=O) groups excluding carboxylic acids is 2. The fraction of sp³-hybridized carbons (Fsp3) is 0.481. The Hall–Kier alpha value is -2.82. The molecule has 0 bridgehead atoms. The van der Waals surface area contributed by atoms with Crippen molar-refractivity contribution >= 4 is 17.6 Å². The zero-order valence-corrected chi connectivity index (χ0v) is 19.7. The van der Waals surface area contributed by atoms with Crippen LogP contribution in [0.2, 0.25) is 0 Å². The van der Waals surface area contributed by atoms with E-state index in [9.17, 15) is 9.59 Å². The molecule has 1 atom stereocenters. The summed E-state index contributed by atoms with van der Waals surface area (Å²) in [6.45, 7) is 8.08. The number of esters is 1. The molecule has 1 aliphatic rings. The van der Waals surface area contributed by atoms with Crippen LogP contribution >= 0.6 is 0 Å². The van der Waals surface area contributed by atoms with E-state index in [4.69, 9.17) is 9.47 Å². The molecular formula is C27H35NO4. The molecule has 32 heavy (non-hydrogen) atoms. The van der Waals surface area contributed by atoms with Gasteiger partial charge in [-0.05, 0) is 63.8 Å². The molecule has 5 heteroatoms. The van der Waals surface area contributed by atoms with Crippen molar-refractivity contribution in [1.29, 1.82) is 0 Å². The largest absolute Gasteiger partial charge is 0.490 e. The van der Waals surface area contributed by atoms with Crippen LogP contribution in [0.25, 0.3) is 0 Å². The normalized spacial score (nSPS) is 16.1. The second kappa shape index (κ2) is 10.7. The van der Waals surface area contributed by atoms with Crippen LogP contribution in [0.4, 0.5) is 5.69 Å². The van der Waals surface area contributed by atoms with Gasteiger partial charge in [0.1, 0.15) is 11.3 Å². The molecule has 1 aliphatic carbocycles. The molecule has 172 valence electrons. The SMILES string of the molecule is CCOC(=O)c1cc(NC(=O)C2(c3cccc(C)c3)CCCCC2)ccc1O[C@@H](C)CC. The van der Waals surface area contributed by atoms with Crippen molar-refractivity contribution in [2.24, 2.45) is 0 Å². The monoisotopic (exact) mass is 437 g/mol. The molecule has 5 nitrogen and oxygen atoms in total. The average molecular weight is 438 g/mol. The predicted molar refractivity (Wildman–Crippen MR) is 127 cm³/mol. The minimum Gasteiger partial charge on any atom is -0.490 e. The first kappa shape index (κ1) is 23.8. The highest BCUT2D eigenvalue weighted by molar-refractivity contribution is 6.01. The van der Waals surface area contributed by atoms with Gasteiger partial charge in [0.15, 0.2) is 0 Å². The number of aryl methyl sites for hydroxylation is 1. The second-order valence-corrected chi connectivity index (χ2v) is 8.73. The van der Waals surface area contributed by atoms with Crippen LogP contribution in [0.5, 0.6) is 5.75 Å². The number of nitrogens with one attached hydrogen (secondary N) is 1. The van der Waals surface area contributed by atoms with Crippen LogP contribution in [0.3, 0.4) is 0 Å². The Bertz CT molecular complexity index is 946. The Morgan fingerprint density at radius 3 is 2.47 bits per heavy atom. The van der Waals surface area contributed by atoms with Gasteiger partial charge in [0.2, 0.25) is 5.91 Å². The maximum Gasteiger partial charge on any atom is 0.341 e. The van der Waals surface area contributed by atoms with E-state index in [1.54, 1.807) is 25.1 Å². The summed E-state index contributed by atoms with van der Waals surface area (Å²) in [5.41, 5.74) is 2.57. The predicted octanol–water partition coefficient (Wildman–Crippen LogP) is 6.19. The summed E-state index contributed by atoms with van der Waals surface area (Å²) in [6.07, 6.45) is 5.63. The third-order valence-electron chi connectivity index (χ3n) is 6.35. The van der Waals surface area contributed by atoms with Crippen molar-refractivity contribution in [1.82, 2.24) is 0 Å². The molecule has 1 fully saturated rings. The molecule has 0 unspecified atom stereocenters. The molecular weight excluding hydrogens is 402 g/mol. The van der Waals surface area contributed by atoms with Crippen molar-refractivity contribution < 1.29 is 19.1 Å². The average Bonchev–Trinajstić information content (AvgIpc) is 2.80. The van der Waals surface area contributed by atoms with Gasteiger partial charge in [-0.25, -0.2) is 4.79 Å². The third-order valence-corrected chi connectivity index (χ3v) is 6.35. The smallest absolute Gasteiger partial charge is 0.341 e. The number of carbonyl (C=O) groups is 2. The fourth-order valence-electron chi connectivity index (χ4n) is 4.37. The standard InChI is InChI=1S/C27H35NO4/c1-5-20(4)32-24-14-13-22(18-23(24)25(29)31-6-2)28-26(30)27(15-8-7-9-16-27)21-12-10-11-19(3)17-21/h10-14,17-18,20H,5-9,15-16H2,1-4H3,(H,28,30)/t20-/m0/s1. The summed E-state index contributed by atoms with van der Waals surface area (Å²) in [5.74, 6) is 0.00281. The lowest BCUT2D eigenvalue weighted by atomic mass is 9.68. The van der Waals surface area contributed by atoms with Gasteiger partial charge in [-0.1, -0.05) is 56.0 Å². The molecule has 3 rings (SSSR count). The van der Waals surface area contributed by atoms with Gasteiger partial charge in [0, 0.05) is 5.69 Å². The molecule has 0 spiro atoms. The van der Waals surface area contributed by atoms with Crippen LogP contribution in [-0.2, 0) is 14.9 Å². The van der Waals surface area contributed by atoms with Gasteiger partial charge < -0.3 is 14.8 Å². The molecule has 0 saturated heterocycles. The number of amides is 1. The Kier molecular flexibility index (Phi) is 7.94. The lowest BCUT2D eigenvalue weighted by Gasteiger charge is -2.36. The number of benzene rings is 2. The van der Waals surface area contributed by atoms with E-state index in [0.29, 0.717) is 17.0 Å². The van der Waals surface area contributed by atoms with Crippen LogP contribution < -0.4 is 10.1 Å². The maximum absolute atomic E-state index is 13.7. The molecule has 0 heterocycles. The first-order valence-corrected chi connectivity index (χ1v) is 11.8. The van der Waals surface area contributed by atoms with E-state index >= 15 is 0 Å². The Morgan fingerprint density at radius 2 is 1.81 bits per heavy atom. The minimum atomic E-state index is -0.555. The van der Waals surface area contributed by atoms with Gasteiger partial charge in [-0.2, -0.15) is 0 Å². The molecule has 2 aromatic rings. The van der Waals surface area contributed by atoms with E-state index in [0.717, 1.165) is 49.7 Å². The fourth-order valence-corrected chi connectivity index (χ4v) is 4.37. The van der Waals surface area contributed by atoms with Gasteiger partial charge in [-0.3, -0.25) is 4.79 Å². The van der Waals surface area contributed by atoms with Crippen molar-refractivity contribution in [3.05, 3.63) is 59.2 Å². The lowest BCUT2D eigenvalue weighted by molar-refractivity contribution is -0.122. The molecule has 1 N–H and O–H groups in total. The van der Waals surface area contributed by atoms with Crippen LogP contribution in [0, 0.1) is 6.92 Å². The van der Waals surface area contributed by atoms with Gasteiger partial charge >= 0.3 is 5.97 Å². The molecule has 0 radical (unpaired) electrons. The highest BCUT2D eigenvalue weighted by Crippen LogP contribution is 2.41. The van der Waals surface area contributed by atoms with Crippen molar-refractivity contribution in [2.45, 2.75) is 77.7 Å². The van der Waals surface area contributed by atoms with Crippen LogP contribution in [-0.4, -0.2) is 24.6 Å². The highest BCUT2D eigenvalue weighted by Gasteiger charge is 2.41. The second-order valence-electron chi connectivity index (χ2n) is 8.73. The number of ether oxygens (including phenoxy) is 2. The van der Waals surface area contributed by atoms with Crippen LogP contribution in [0.1, 0.15) is 80.8 Å². The molecule has 0 aliphatic heterocycles. The number of rotatable bonds is 8. The van der Waals surface area contributed by atoms with Crippen molar-refractivity contribution in [3.8, 4) is 5.75 Å². The number of hydrogen-bond acceptors (Lipinski definition) is 4. The van der Waals surface area contributed by atoms with Crippen molar-refractivity contribution in [3.63, 3.8) is 0 Å².